The number of hydrogen-bond donors (Lipinski definition) is 3. The number of benzene rings is 2. The molecule has 0 radical (unpaired) electrons. The summed E-state index contributed by atoms with van der Waals surface area (Å²) < 4.78 is 10.5. The minimum absolute atomic E-state index is 0.120. The third-order valence-electron chi connectivity index (χ3n) is 4.01. The van der Waals surface area contributed by atoms with Crippen LogP contribution in [0.15, 0.2) is 59.6 Å². The zero-order chi connectivity index (χ0) is 20.7. The summed E-state index contributed by atoms with van der Waals surface area (Å²) in [7, 11) is 1.64. The van der Waals surface area contributed by atoms with E-state index in [1.807, 2.05) is 61.5 Å². The Bertz CT molecular complexity index is 748. The Labute approximate surface area is 172 Å². The summed E-state index contributed by atoms with van der Waals surface area (Å²) in [5.74, 6) is 1.26. The first-order valence-corrected chi connectivity index (χ1v) is 9.79. The molecular formula is C22H30N4O3. The van der Waals surface area contributed by atoms with Crippen molar-refractivity contribution >= 4 is 17.6 Å². The lowest BCUT2D eigenvalue weighted by atomic mass is 10.2. The summed E-state index contributed by atoms with van der Waals surface area (Å²) in [5.41, 5.74) is 1.82. The molecule has 0 unspecified atom stereocenters. The highest BCUT2D eigenvalue weighted by Gasteiger charge is 2.05. The molecule has 7 heteroatoms. The third-order valence-corrected chi connectivity index (χ3v) is 4.01. The van der Waals surface area contributed by atoms with Crippen molar-refractivity contribution in [3.63, 3.8) is 0 Å². The van der Waals surface area contributed by atoms with Gasteiger partial charge in [-0.3, -0.25) is 4.79 Å². The second kappa shape index (κ2) is 13.2. The first-order chi connectivity index (χ1) is 14.2. The number of anilines is 1. The van der Waals surface area contributed by atoms with E-state index in [-0.39, 0.29) is 12.5 Å². The van der Waals surface area contributed by atoms with Crippen molar-refractivity contribution in [2.45, 2.75) is 19.9 Å². The fraction of sp³-hybridized carbons (Fsp3) is 0.364. The Kier molecular flexibility index (Phi) is 10.1. The van der Waals surface area contributed by atoms with Crippen LogP contribution in [0.1, 0.15) is 18.9 Å². The fourth-order valence-corrected chi connectivity index (χ4v) is 2.49. The van der Waals surface area contributed by atoms with Gasteiger partial charge in [-0.15, -0.1) is 0 Å². The largest absolute Gasteiger partial charge is 0.497 e. The van der Waals surface area contributed by atoms with Gasteiger partial charge in [-0.25, -0.2) is 4.99 Å². The Balaban J connectivity index is 1.89. The molecule has 0 fully saturated rings. The molecule has 0 aliphatic carbocycles. The van der Waals surface area contributed by atoms with Crippen LogP contribution in [0.5, 0.6) is 5.75 Å². The molecule has 0 heterocycles. The number of carbonyl (C=O) groups is 1. The Hall–Kier alpha value is -3.06. The molecular weight excluding hydrogens is 368 g/mol. The van der Waals surface area contributed by atoms with E-state index in [9.17, 15) is 4.79 Å². The molecule has 0 saturated carbocycles. The van der Waals surface area contributed by atoms with Crippen LogP contribution in [0.3, 0.4) is 0 Å². The van der Waals surface area contributed by atoms with Gasteiger partial charge in [0.1, 0.15) is 5.75 Å². The number of aliphatic imine (C=N–C) groups is 1. The van der Waals surface area contributed by atoms with Gasteiger partial charge >= 0.3 is 0 Å². The molecule has 0 spiro atoms. The molecule has 0 aliphatic heterocycles. The second-order valence-electron chi connectivity index (χ2n) is 6.26. The summed E-state index contributed by atoms with van der Waals surface area (Å²) in [6.45, 7) is 4.68. The number of hydrogen-bond acceptors (Lipinski definition) is 4. The molecule has 156 valence electrons. The molecule has 29 heavy (non-hydrogen) atoms. The van der Waals surface area contributed by atoms with E-state index >= 15 is 0 Å². The average Bonchev–Trinajstić information content (AvgIpc) is 2.76. The lowest BCUT2D eigenvalue weighted by Gasteiger charge is -2.13. The van der Waals surface area contributed by atoms with Crippen LogP contribution in [-0.2, 0) is 16.1 Å². The maximum Gasteiger partial charge on any atom is 0.243 e. The lowest BCUT2D eigenvalue weighted by Crippen LogP contribution is -2.42. The van der Waals surface area contributed by atoms with Crippen LogP contribution in [-0.4, -0.2) is 45.3 Å². The number of methoxy groups -OCH3 is 1. The number of amides is 1. The van der Waals surface area contributed by atoms with Crippen LogP contribution in [0, 0.1) is 0 Å². The van der Waals surface area contributed by atoms with E-state index in [2.05, 4.69) is 20.9 Å². The zero-order valence-corrected chi connectivity index (χ0v) is 17.1. The summed E-state index contributed by atoms with van der Waals surface area (Å²) >= 11 is 0. The van der Waals surface area contributed by atoms with Gasteiger partial charge in [-0.1, -0.05) is 30.3 Å². The number of guanidine groups is 1. The predicted octanol–water partition coefficient (Wildman–Crippen LogP) is 2.80. The Morgan fingerprint density at radius 1 is 1.03 bits per heavy atom. The molecule has 2 aromatic carbocycles. The number of nitrogens with one attached hydrogen (secondary N) is 3. The van der Waals surface area contributed by atoms with Crippen molar-refractivity contribution in [2.24, 2.45) is 4.99 Å². The zero-order valence-electron chi connectivity index (χ0n) is 17.1. The van der Waals surface area contributed by atoms with Crippen LogP contribution < -0.4 is 20.7 Å². The highest BCUT2D eigenvalue weighted by atomic mass is 16.5. The minimum atomic E-state index is -0.135. The monoisotopic (exact) mass is 398 g/mol. The van der Waals surface area contributed by atoms with E-state index in [4.69, 9.17) is 9.47 Å². The molecule has 2 aromatic rings. The summed E-state index contributed by atoms with van der Waals surface area (Å²) in [6, 6.07) is 17.1. The molecule has 1 amide bonds. The normalized spacial score (nSPS) is 11.0. The number of para-hydroxylation sites is 1. The SMILES string of the molecule is CCOCCCNC(=NCc1ccc(OC)cc1)NCC(=O)Nc1ccccc1. The van der Waals surface area contributed by atoms with Gasteiger partial charge in [0.05, 0.1) is 20.2 Å². The highest BCUT2D eigenvalue weighted by Crippen LogP contribution is 2.11. The predicted molar refractivity (Wildman–Crippen MR) is 116 cm³/mol. The minimum Gasteiger partial charge on any atom is -0.497 e. The first kappa shape index (κ1) is 22.2. The number of nitrogens with zero attached hydrogens (tertiary/aromatic N) is 1. The standard InChI is InChI=1S/C22H30N4O3/c1-3-29-15-7-14-23-22(24-16-18-10-12-20(28-2)13-11-18)25-17-21(27)26-19-8-5-4-6-9-19/h4-6,8-13H,3,7,14-17H2,1-2H3,(H,26,27)(H2,23,24,25). The van der Waals surface area contributed by atoms with Crippen molar-refractivity contribution < 1.29 is 14.3 Å². The molecule has 0 atom stereocenters. The third kappa shape index (κ3) is 9.12. The van der Waals surface area contributed by atoms with E-state index < -0.39 is 0 Å². The maximum atomic E-state index is 12.2. The average molecular weight is 399 g/mol. The van der Waals surface area contributed by atoms with Crippen molar-refractivity contribution in [1.82, 2.24) is 10.6 Å². The lowest BCUT2D eigenvalue weighted by molar-refractivity contribution is -0.115. The van der Waals surface area contributed by atoms with Gasteiger partial charge < -0.3 is 25.4 Å². The topological polar surface area (TPSA) is 84.0 Å². The van der Waals surface area contributed by atoms with Crippen molar-refractivity contribution in [1.29, 1.82) is 0 Å². The van der Waals surface area contributed by atoms with E-state index in [0.717, 1.165) is 23.4 Å². The Morgan fingerprint density at radius 2 is 1.79 bits per heavy atom. The van der Waals surface area contributed by atoms with Crippen LogP contribution in [0.4, 0.5) is 5.69 Å². The summed E-state index contributed by atoms with van der Waals surface area (Å²) in [5, 5.41) is 9.18. The molecule has 0 bridgehead atoms. The molecule has 0 aromatic heterocycles. The molecule has 0 aliphatic rings. The molecule has 3 N–H and O–H groups in total. The fourth-order valence-electron chi connectivity index (χ4n) is 2.49. The van der Waals surface area contributed by atoms with E-state index in [1.165, 1.54) is 0 Å². The van der Waals surface area contributed by atoms with Gasteiger partial charge in [0.15, 0.2) is 5.96 Å². The van der Waals surface area contributed by atoms with Crippen LogP contribution in [0.2, 0.25) is 0 Å². The number of rotatable bonds is 11. The smallest absolute Gasteiger partial charge is 0.243 e. The van der Waals surface area contributed by atoms with Gasteiger partial charge in [0, 0.05) is 25.4 Å². The van der Waals surface area contributed by atoms with Gasteiger partial charge in [0.25, 0.3) is 0 Å². The highest BCUT2D eigenvalue weighted by molar-refractivity contribution is 5.94. The maximum absolute atomic E-state index is 12.2. The summed E-state index contributed by atoms with van der Waals surface area (Å²) in [4.78, 5) is 16.8. The van der Waals surface area contributed by atoms with Gasteiger partial charge in [0.2, 0.25) is 5.91 Å². The second-order valence-corrected chi connectivity index (χ2v) is 6.26. The summed E-state index contributed by atoms with van der Waals surface area (Å²) in [6.07, 6.45) is 0.854. The Morgan fingerprint density at radius 3 is 2.48 bits per heavy atom. The van der Waals surface area contributed by atoms with Gasteiger partial charge in [-0.2, -0.15) is 0 Å². The van der Waals surface area contributed by atoms with Crippen molar-refractivity contribution in [3.05, 3.63) is 60.2 Å². The van der Waals surface area contributed by atoms with E-state index in [0.29, 0.717) is 32.3 Å². The van der Waals surface area contributed by atoms with Crippen molar-refractivity contribution in [2.75, 3.05) is 38.7 Å². The quantitative estimate of drug-likeness (QED) is 0.308. The van der Waals surface area contributed by atoms with Crippen molar-refractivity contribution in [3.8, 4) is 5.75 Å². The number of carbonyl (C=O) groups excluding carboxylic acids is 1. The van der Waals surface area contributed by atoms with Crippen LogP contribution >= 0.6 is 0 Å². The molecule has 2 rings (SSSR count). The van der Waals surface area contributed by atoms with E-state index in [1.54, 1.807) is 7.11 Å². The number of ether oxygens (including phenoxy) is 2. The first-order valence-electron chi connectivity index (χ1n) is 9.79. The molecule has 0 saturated heterocycles. The van der Waals surface area contributed by atoms with Gasteiger partial charge in [-0.05, 0) is 43.2 Å². The molecule has 7 nitrogen and oxygen atoms in total. The van der Waals surface area contributed by atoms with Crippen LogP contribution in [0.25, 0.3) is 0 Å².